The third kappa shape index (κ3) is 46.8. The maximum Gasteiger partial charge on any atom is 0.306 e. The van der Waals surface area contributed by atoms with E-state index in [0.29, 0.717) is 19.4 Å². The highest BCUT2D eigenvalue weighted by Gasteiger charge is 2.13. The number of esters is 1. The molecule has 0 rings (SSSR count). The zero-order chi connectivity index (χ0) is 41.2. The molecular formula is C53H84O4. The van der Waals surface area contributed by atoms with E-state index >= 15 is 0 Å². The Balaban J connectivity index is 3.59. The van der Waals surface area contributed by atoms with Gasteiger partial charge in [0.15, 0.2) is 0 Å². The number of aliphatic hydroxyl groups is 1. The van der Waals surface area contributed by atoms with Gasteiger partial charge >= 0.3 is 5.97 Å². The number of unbranched alkanes of at least 4 members (excludes halogenated alkanes) is 10. The van der Waals surface area contributed by atoms with Crippen molar-refractivity contribution >= 4 is 5.97 Å². The van der Waals surface area contributed by atoms with Crippen LogP contribution >= 0.6 is 0 Å². The zero-order valence-electron chi connectivity index (χ0n) is 36.5. The van der Waals surface area contributed by atoms with Crippen LogP contribution in [-0.2, 0) is 14.3 Å². The van der Waals surface area contributed by atoms with Crippen LogP contribution in [0.15, 0.2) is 134 Å². The Morgan fingerprint density at radius 1 is 0.421 bits per heavy atom. The molecule has 0 aliphatic heterocycles. The monoisotopic (exact) mass is 785 g/mol. The molecule has 1 N–H and O–H groups in total. The number of hydrogen-bond acceptors (Lipinski definition) is 4. The van der Waals surface area contributed by atoms with Crippen molar-refractivity contribution in [2.24, 2.45) is 0 Å². The van der Waals surface area contributed by atoms with Crippen molar-refractivity contribution in [3.63, 3.8) is 0 Å². The van der Waals surface area contributed by atoms with Crippen LogP contribution in [0, 0.1) is 0 Å². The largest absolute Gasteiger partial charge is 0.457 e. The fourth-order valence-electron chi connectivity index (χ4n) is 5.67. The number of hydrogen-bond donors (Lipinski definition) is 1. The summed E-state index contributed by atoms with van der Waals surface area (Å²) < 4.78 is 11.1. The molecule has 0 saturated heterocycles. The minimum atomic E-state index is -0.588. The Bertz CT molecular complexity index is 1190. The molecular weight excluding hydrogens is 701 g/mol. The molecule has 0 saturated carbocycles. The Morgan fingerprint density at radius 2 is 0.737 bits per heavy atom. The van der Waals surface area contributed by atoms with Gasteiger partial charge in [-0.25, -0.2) is 0 Å². The number of allylic oxidation sites excluding steroid dienone is 22. The van der Waals surface area contributed by atoms with Crippen LogP contribution < -0.4 is 0 Å². The van der Waals surface area contributed by atoms with Gasteiger partial charge in [-0.15, -0.1) is 0 Å². The highest BCUT2D eigenvalue weighted by molar-refractivity contribution is 5.69. The molecule has 4 heteroatoms. The summed E-state index contributed by atoms with van der Waals surface area (Å²) in [6, 6.07) is 0. The highest BCUT2D eigenvalue weighted by atomic mass is 16.6. The standard InChI is InChI=1S/C53H84O4/c1-3-5-7-9-11-13-15-17-19-21-23-24-25-26-27-28-29-31-33-35-37-39-41-43-45-47-49-56-51-52(50-54)57-53(55)48-46-44-42-40-38-36-34-32-30-22-20-18-16-14-12-10-8-6-4-2/h5-8,11-14,17-20,23-24,26-27,30,32,36,38,42,44,52,54H,3-4,9-10,15-16,21-22,25,28-29,31,33-35,37,39-41,43,45-51H2,1-2H3/b7-5-,8-6-,13-11-,14-12-,19-17-,20-18-,24-23-,27-26-,32-30-,38-36-,44-42-. The highest BCUT2D eigenvalue weighted by Crippen LogP contribution is 2.12. The minimum absolute atomic E-state index is 0.213. The fraction of sp³-hybridized carbons (Fsp3) is 0.566. The van der Waals surface area contributed by atoms with E-state index in [1.807, 2.05) is 6.08 Å². The lowest BCUT2D eigenvalue weighted by molar-refractivity contribution is -0.154. The molecule has 0 spiro atoms. The van der Waals surface area contributed by atoms with Crippen LogP contribution in [-0.4, -0.2) is 37.0 Å². The predicted molar refractivity (Wildman–Crippen MR) is 250 cm³/mol. The Hall–Kier alpha value is -3.47. The van der Waals surface area contributed by atoms with Gasteiger partial charge in [-0.05, 0) is 96.3 Å². The summed E-state index contributed by atoms with van der Waals surface area (Å²) in [5, 5.41) is 9.61. The summed E-state index contributed by atoms with van der Waals surface area (Å²) in [5.74, 6) is -0.289. The van der Waals surface area contributed by atoms with Gasteiger partial charge in [-0.1, -0.05) is 199 Å². The topological polar surface area (TPSA) is 55.8 Å². The molecule has 0 fully saturated rings. The summed E-state index contributed by atoms with van der Waals surface area (Å²) in [4.78, 5) is 12.2. The van der Waals surface area contributed by atoms with E-state index in [2.05, 4.69) is 141 Å². The molecule has 0 aromatic carbocycles. The lowest BCUT2D eigenvalue weighted by atomic mass is 10.1. The van der Waals surface area contributed by atoms with E-state index in [9.17, 15) is 9.90 Å². The number of rotatable bonds is 40. The van der Waals surface area contributed by atoms with Crippen molar-refractivity contribution < 1.29 is 19.4 Å². The van der Waals surface area contributed by atoms with Gasteiger partial charge in [0.05, 0.1) is 13.2 Å². The zero-order valence-corrected chi connectivity index (χ0v) is 36.5. The second-order valence-corrected chi connectivity index (χ2v) is 14.4. The third-order valence-electron chi connectivity index (χ3n) is 8.98. The van der Waals surface area contributed by atoms with Crippen LogP contribution in [0.3, 0.4) is 0 Å². The maximum absolute atomic E-state index is 12.2. The van der Waals surface area contributed by atoms with Crippen LogP contribution in [0.4, 0.5) is 0 Å². The molecule has 4 nitrogen and oxygen atoms in total. The summed E-state index contributed by atoms with van der Waals surface area (Å²) in [6.07, 6.45) is 73.9. The molecule has 0 aliphatic rings. The molecule has 57 heavy (non-hydrogen) atoms. The summed E-state index contributed by atoms with van der Waals surface area (Å²) in [7, 11) is 0. The average molecular weight is 785 g/mol. The Morgan fingerprint density at radius 3 is 1.11 bits per heavy atom. The summed E-state index contributed by atoms with van der Waals surface area (Å²) in [5.41, 5.74) is 0. The second-order valence-electron chi connectivity index (χ2n) is 14.4. The number of carbonyl (C=O) groups excluding carboxylic acids is 1. The van der Waals surface area contributed by atoms with Gasteiger partial charge < -0.3 is 14.6 Å². The van der Waals surface area contributed by atoms with Gasteiger partial charge in [0.2, 0.25) is 0 Å². The van der Waals surface area contributed by atoms with Crippen molar-refractivity contribution in [1.82, 2.24) is 0 Å². The maximum atomic E-state index is 12.2. The normalized spacial score (nSPS) is 13.7. The quantitative estimate of drug-likeness (QED) is 0.0382. The Kier molecular flexibility index (Phi) is 45.7. The molecule has 0 heterocycles. The van der Waals surface area contributed by atoms with Crippen LogP contribution in [0.25, 0.3) is 0 Å². The van der Waals surface area contributed by atoms with Crippen molar-refractivity contribution in [2.45, 2.75) is 174 Å². The van der Waals surface area contributed by atoms with Crippen molar-refractivity contribution in [3.8, 4) is 0 Å². The van der Waals surface area contributed by atoms with E-state index in [0.717, 1.165) is 83.5 Å². The average Bonchev–Trinajstić information content (AvgIpc) is 3.22. The van der Waals surface area contributed by atoms with E-state index in [1.54, 1.807) is 0 Å². The lowest BCUT2D eigenvalue weighted by Gasteiger charge is -2.15. The molecule has 0 aliphatic carbocycles. The Labute approximate surface area is 351 Å². The molecule has 0 radical (unpaired) electrons. The molecule has 0 aromatic rings. The number of ether oxygens (including phenoxy) is 2. The smallest absolute Gasteiger partial charge is 0.306 e. The van der Waals surface area contributed by atoms with E-state index in [4.69, 9.17) is 9.47 Å². The third-order valence-corrected chi connectivity index (χ3v) is 8.98. The fourth-order valence-corrected chi connectivity index (χ4v) is 5.67. The van der Waals surface area contributed by atoms with E-state index in [-0.39, 0.29) is 19.2 Å². The summed E-state index contributed by atoms with van der Waals surface area (Å²) >= 11 is 0. The van der Waals surface area contributed by atoms with Crippen molar-refractivity contribution in [1.29, 1.82) is 0 Å². The first-order valence-electron chi connectivity index (χ1n) is 22.8. The van der Waals surface area contributed by atoms with E-state index < -0.39 is 6.10 Å². The number of aliphatic hydroxyl groups excluding tert-OH is 1. The first-order valence-corrected chi connectivity index (χ1v) is 22.8. The SMILES string of the molecule is CC/C=C\C/C=C\C/C=C\C/C=C\C/C=C\C/C=C\CCC(=O)OC(CO)COCCCCCCCCCCCC/C=C\C/C=C\C/C=C\C/C=C\C/C=C\CC. The van der Waals surface area contributed by atoms with Crippen LogP contribution in [0.1, 0.15) is 168 Å². The molecule has 0 amide bonds. The van der Waals surface area contributed by atoms with Gasteiger partial charge in [-0.2, -0.15) is 0 Å². The van der Waals surface area contributed by atoms with Gasteiger partial charge in [0, 0.05) is 13.0 Å². The molecule has 0 aromatic heterocycles. The minimum Gasteiger partial charge on any atom is -0.457 e. The van der Waals surface area contributed by atoms with Gasteiger partial charge in [0.1, 0.15) is 6.10 Å². The molecule has 0 bridgehead atoms. The van der Waals surface area contributed by atoms with Crippen molar-refractivity contribution in [2.75, 3.05) is 19.8 Å². The van der Waals surface area contributed by atoms with E-state index in [1.165, 1.54) is 57.8 Å². The van der Waals surface area contributed by atoms with Gasteiger partial charge in [-0.3, -0.25) is 4.79 Å². The first kappa shape index (κ1) is 53.5. The summed E-state index contributed by atoms with van der Waals surface area (Å²) in [6.45, 7) is 5.00. The number of carbonyl (C=O) groups is 1. The predicted octanol–water partition coefficient (Wildman–Crippen LogP) is 15.4. The van der Waals surface area contributed by atoms with Crippen LogP contribution in [0.2, 0.25) is 0 Å². The molecule has 1 atom stereocenters. The van der Waals surface area contributed by atoms with Crippen LogP contribution in [0.5, 0.6) is 0 Å². The lowest BCUT2D eigenvalue weighted by Crippen LogP contribution is -2.27. The molecule has 1 unspecified atom stereocenters. The van der Waals surface area contributed by atoms with Gasteiger partial charge in [0.25, 0.3) is 0 Å². The second kappa shape index (κ2) is 48.7. The first-order chi connectivity index (χ1) is 28.2. The van der Waals surface area contributed by atoms with Crippen molar-refractivity contribution in [3.05, 3.63) is 134 Å². The molecule has 320 valence electrons.